The molecule has 74 valence electrons. The number of benzene rings is 1. The Kier molecular flexibility index (Phi) is 2.23. The average Bonchev–Trinajstić information content (AvgIpc) is 2.62. The molecule has 0 radical (unpaired) electrons. The van der Waals surface area contributed by atoms with Gasteiger partial charge < -0.3 is 5.11 Å². The number of aliphatic carboxylic acids is 1. The van der Waals surface area contributed by atoms with E-state index < -0.39 is 12.1 Å². The predicted molar refractivity (Wildman–Crippen MR) is 50.0 cm³/mol. The van der Waals surface area contributed by atoms with E-state index in [-0.39, 0.29) is 5.56 Å². The van der Waals surface area contributed by atoms with Crippen LogP contribution >= 0.6 is 0 Å². The van der Waals surface area contributed by atoms with Crippen LogP contribution in [0, 0.1) is 0 Å². The van der Waals surface area contributed by atoms with E-state index in [0.717, 1.165) is 24.8 Å². The molecule has 0 bridgehead atoms. The number of carboxylic acid groups (broad SMARTS) is 1. The fourth-order valence-corrected chi connectivity index (χ4v) is 1.89. The van der Waals surface area contributed by atoms with Crippen LogP contribution in [0.25, 0.3) is 0 Å². The Morgan fingerprint density at radius 3 is 2.79 bits per heavy atom. The van der Waals surface area contributed by atoms with Crippen molar-refractivity contribution in [2.45, 2.75) is 25.4 Å². The molecule has 1 atom stereocenters. The molecule has 2 nitrogen and oxygen atoms in total. The molecule has 0 aliphatic heterocycles. The molecule has 0 amide bonds. The predicted octanol–water partition coefficient (Wildman–Crippen LogP) is 2.27. The zero-order valence-corrected chi connectivity index (χ0v) is 7.66. The van der Waals surface area contributed by atoms with Gasteiger partial charge in [-0.3, -0.25) is 0 Å². The number of fused-ring (bicyclic) bond motifs is 1. The van der Waals surface area contributed by atoms with Crippen LogP contribution in [-0.4, -0.2) is 11.1 Å². The van der Waals surface area contributed by atoms with Gasteiger partial charge in [-0.2, -0.15) is 0 Å². The number of aryl methyl sites for hydroxylation is 2. The van der Waals surface area contributed by atoms with Gasteiger partial charge in [-0.25, -0.2) is 9.18 Å². The lowest BCUT2D eigenvalue weighted by molar-refractivity contribution is -0.143. The van der Waals surface area contributed by atoms with Crippen molar-refractivity contribution in [2.24, 2.45) is 0 Å². The van der Waals surface area contributed by atoms with Gasteiger partial charge in [-0.1, -0.05) is 18.2 Å². The third-order valence-electron chi connectivity index (χ3n) is 2.63. The fourth-order valence-electron chi connectivity index (χ4n) is 1.89. The minimum atomic E-state index is -1.89. The number of alkyl halides is 1. The molecule has 1 aromatic carbocycles. The number of carbonyl (C=O) groups is 1. The summed E-state index contributed by atoms with van der Waals surface area (Å²) in [5.74, 6) is -1.41. The van der Waals surface area contributed by atoms with E-state index >= 15 is 0 Å². The van der Waals surface area contributed by atoms with Gasteiger partial charge in [0.15, 0.2) is 0 Å². The smallest absolute Gasteiger partial charge is 0.343 e. The lowest BCUT2D eigenvalue weighted by Crippen LogP contribution is -2.06. The second-order valence-corrected chi connectivity index (χ2v) is 3.58. The minimum Gasteiger partial charge on any atom is -0.479 e. The number of halogens is 1. The Morgan fingerprint density at radius 1 is 1.36 bits per heavy atom. The average molecular weight is 194 g/mol. The summed E-state index contributed by atoms with van der Waals surface area (Å²) in [6.45, 7) is 0. The molecule has 0 spiro atoms. The lowest BCUT2D eigenvalue weighted by Gasteiger charge is -2.05. The second kappa shape index (κ2) is 3.40. The van der Waals surface area contributed by atoms with E-state index in [9.17, 15) is 9.18 Å². The summed E-state index contributed by atoms with van der Waals surface area (Å²) in [6.07, 6.45) is 1.17. The SMILES string of the molecule is O=C(O)C(F)c1ccc2c(c1)CCC2. The van der Waals surface area contributed by atoms with Crippen molar-refractivity contribution in [2.75, 3.05) is 0 Å². The van der Waals surface area contributed by atoms with Crippen molar-refractivity contribution < 1.29 is 14.3 Å². The number of rotatable bonds is 2. The molecule has 0 saturated carbocycles. The molecule has 2 rings (SSSR count). The third kappa shape index (κ3) is 1.50. The maximum atomic E-state index is 13.1. The van der Waals surface area contributed by atoms with Gasteiger partial charge in [0.25, 0.3) is 0 Å². The van der Waals surface area contributed by atoms with Crippen molar-refractivity contribution in [3.63, 3.8) is 0 Å². The van der Waals surface area contributed by atoms with Gasteiger partial charge in [0, 0.05) is 0 Å². The molecule has 1 aromatic rings. The first-order chi connectivity index (χ1) is 6.68. The van der Waals surface area contributed by atoms with Crippen molar-refractivity contribution in [3.05, 3.63) is 34.9 Å². The Bertz CT molecular complexity index is 374. The first-order valence-electron chi connectivity index (χ1n) is 4.67. The molecule has 0 fully saturated rings. The van der Waals surface area contributed by atoms with Crippen LogP contribution in [0.5, 0.6) is 0 Å². The highest BCUT2D eigenvalue weighted by molar-refractivity contribution is 5.74. The Labute approximate surface area is 81.4 Å². The topological polar surface area (TPSA) is 37.3 Å². The number of hydrogen-bond donors (Lipinski definition) is 1. The standard InChI is InChI=1S/C11H11FO2/c12-10(11(13)14)9-5-4-7-2-1-3-8(7)6-9/h4-6,10H,1-3H2,(H,13,14). The van der Waals surface area contributed by atoms with Gasteiger partial charge in [0.1, 0.15) is 0 Å². The van der Waals surface area contributed by atoms with Crippen molar-refractivity contribution >= 4 is 5.97 Å². The van der Waals surface area contributed by atoms with E-state index in [4.69, 9.17) is 5.11 Å². The van der Waals surface area contributed by atoms with E-state index in [1.807, 2.05) is 6.07 Å². The van der Waals surface area contributed by atoms with Crippen molar-refractivity contribution in [1.29, 1.82) is 0 Å². The Morgan fingerprint density at radius 2 is 2.07 bits per heavy atom. The van der Waals surface area contributed by atoms with Crippen LogP contribution in [-0.2, 0) is 17.6 Å². The van der Waals surface area contributed by atoms with Crippen molar-refractivity contribution in [1.82, 2.24) is 0 Å². The normalized spacial score (nSPS) is 16.4. The first kappa shape index (κ1) is 9.19. The van der Waals surface area contributed by atoms with E-state index in [1.165, 1.54) is 5.56 Å². The summed E-state index contributed by atoms with van der Waals surface area (Å²) in [4.78, 5) is 10.4. The number of carboxylic acids is 1. The highest BCUT2D eigenvalue weighted by Gasteiger charge is 2.20. The molecular weight excluding hydrogens is 183 g/mol. The zero-order chi connectivity index (χ0) is 10.1. The van der Waals surface area contributed by atoms with Crippen molar-refractivity contribution in [3.8, 4) is 0 Å². The molecule has 14 heavy (non-hydrogen) atoms. The van der Waals surface area contributed by atoms with Crippen LogP contribution < -0.4 is 0 Å². The summed E-state index contributed by atoms with van der Waals surface area (Å²) >= 11 is 0. The van der Waals surface area contributed by atoms with E-state index in [0.29, 0.717) is 0 Å². The summed E-state index contributed by atoms with van der Waals surface area (Å²) in [5.41, 5.74) is 2.59. The summed E-state index contributed by atoms with van der Waals surface area (Å²) < 4.78 is 13.1. The van der Waals surface area contributed by atoms with Gasteiger partial charge >= 0.3 is 5.97 Å². The molecule has 1 aliphatic rings. The third-order valence-corrected chi connectivity index (χ3v) is 2.63. The zero-order valence-electron chi connectivity index (χ0n) is 7.66. The Hall–Kier alpha value is -1.38. The van der Waals surface area contributed by atoms with Gasteiger partial charge in [0.05, 0.1) is 0 Å². The maximum absolute atomic E-state index is 13.1. The van der Waals surface area contributed by atoms with Crippen LogP contribution in [0.2, 0.25) is 0 Å². The Balaban J connectivity index is 2.33. The van der Waals surface area contributed by atoms with Crippen LogP contribution in [0.1, 0.15) is 29.3 Å². The van der Waals surface area contributed by atoms with Crippen LogP contribution in [0.4, 0.5) is 4.39 Å². The summed E-state index contributed by atoms with van der Waals surface area (Å²) in [7, 11) is 0. The van der Waals surface area contributed by atoms with Crippen LogP contribution in [0.3, 0.4) is 0 Å². The minimum absolute atomic E-state index is 0.262. The van der Waals surface area contributed by atoms with Crippen LogP contribution in [0.15, 0.2) is 18.2 Å². The molecule has 0 aromatic heterocycles. The number of hydrogen-bond acceptors (Lipinski definition) is 1. The highest BCUT2D eigenvalue weighted by Crippen LogP contribution is 2.26. The second-order valence-electron chi connectivity index (χ2n) is 3.58. The monoisotopic (exact) mass is 194 g/mol. The largest absolute Gasteiger partial charge is 0.479 e. The highest BCUT2D eigenvalue weighted by atomic mass is 19.1. The molecule has 1 aliphatic carbocycles. The lowest BCUT2D eigenvalue weighted by atomic mass is 10.0. The molecule has 1 unspecified atom stereocenters. The quantitative estimate of drug-likeness (QED) is 0.784. The maximum Gasteiger partial charge on any atom is 0.343 e. The van der Waals surface area contributed by atoms with Gasteiger partial charge in [0.2, 0.25) is 6.17 Å². The molecular formula is C11H11FO2. The van der Waals surface area contributed by atoms with Gasteiger partial charge in [-0.05, 0) is 36.0 Å². The summed E-state index contributed by atoms with van der Waals surface area (Å²) in [6, 6.07) is 5.09. The van der Waals surface area contributed by atoms with E-state index in [1.54, 1.807) is 12.1 Å². The molecule has 0 heterocycles. The first-order valence-corrected chi connectivity index (χ1v) is 4.67. The molecule has 3 heteroatoms. The fraction of sp³-hybridized carbons (Fsp3) is 0.364. The molecule has 0 saturated heterocycles. The summed E-state index contributed by atoms with van der Waals surface area (Å²) in [5, 5.41) is 8.51. The van der Waals surface area contributed by atoms with E-state index in [2.05, 4.69) is 0 Å². The molecule has 1 N–H and O–H groups in total. The van der Waals surface area contributed by atoms with Gasteiger partial charge in [-0.15, -0.1) is 0 Å².